The Bertz CT molecular complexity index is 2020. The minimum absolute atomic E-state index is 0.0811. The molecule has 270 valence electrons. The Hall–Kier alpha value is -5.10. The van der Waals surface area contributed by atoms with Gasteiger partial charge in [0, 0.05) is 11.8 Å². The molecule has 1 aliphatic heterocycles. The highest BCUT2D eigenvalue weighted by molar-refractivity contribution is 7.93. The van der Waals surface area contributed by atoms with Crippen LogP contribution in [0.2, 0.25) is 0 Å². The SMILES string of the molecule is C[N+]1(C)C=NC(S(=O)(=O)NCC(=O)N(Cc2ccc(C3CCCCC3)cc2)c2ccc(C(=O)OCc3ccccc3)c(OCc3ccccc3)c2)=C1. The summed E-state index contributed by atoms with van der Waals surface area (Å²) in [6.07, 6.45) is 9.07. The number of aliphatic imine (C=N–C) groups is 1. The first-order valence-electron chi connectivity index (χ1n) is 17.6. The third kappa shape index (κ3) is 9.61. The first-order valence-corrected chi connectivity index (χ1v) is 19.1. The van der Waals surface area contributed by atoms with Crippen LogP contribution < -0.4 is 14.4 Å². The van der Waals surface area contributed by atoms with Crippen LogP contribution in [-0.4, -0.2) is 51.8 Å². The lowest BCUT2D eigenvalue weighted by Gasteiger charge is -2.25. The lowest BCUT2D eigenvalue weighted by atomic mass is 9.84. The van der Waals surface area contributed by atoms with Crippen molar-refractivity contribution in [2.75, 3.05) is 25.5 Å². The second-order valence-electron chi connectivity index (χ2n) is 13.7. The van der Waals surface area contributed by atoms with Gasteiger partial charge in [0.15, 0.2) is 6.34 Å². The van der Waals surface area contributed by atoms with Crippen molar-refractivity contribution in [3.63, 3.8) is 0 Å². The van der Waals surface area contributed by atoms with Gasteiger partial charge in [0.05, 0.1) is 27.2 Å². The monoisotopic (exact) mass is 721 g/mol. The molecule has 1 N–H and O–H groups in total. The highest BCUT2D eigenvalue weighted by Crippen LogP contribution is 2.33. The molecule has 4 aromatic carbocycles. The van der Waals surface area contributed by atoms with Crippen molar-refractivity contribution >= 4 is 33.9 Å². The maximum Gasteiger partial charge on any atom is 0.342 e. The number of nitrogens with one attached hydrogen (secondary N) is 1. The zero-order valence-electron chi connectivity index (χ0n) is 29.6. The highest BCUT2D eigenvalue weighted by atomic mass is 32.2. The van der Waals surface area contributed by atoms with Crippen LogP contribution in [0.3, 0.4) is 0 Å². The van der Waals surface area contributed by atoms with Gasteiger partial charge < -0.3 is 14.4 Å². The molecule has 1 saturated carbocycles. The smallest absolute Gasteiger partial charge is 0.342 e. The Labute approximate surface area is 306 Å². The minimum atomic E-state index is -4.06. The zero-order valence-corrected chi connectivity index (χ0v) is 30.4. The van der Waals surface area contributed by atoms with Crippen molar-refractivity contribution in [3.8, 4) is 5.75 Å². The summed E-state index contributed by atoms with van der Waals surface area (Å²) in [6.45, 7) is -0.0993. The van der Waals surface area contributed by atoms with E-state index < -0.39 is 28.4 Å². The molecule has 1 heterocycles. The summed E-state index contributed by atoms with van der Waals surface area (Å²) >= 11 is 0. The number of hydrogen-bond acceptors (Lipinski definition) is 7. The average molecular weight is 722 g/mol. The van der Waals surface area contributed by atoms with Crippen LogP contribution in [-0.2, 0) is 39.3 Å². The van der Waals surface area contributed by atoms with Crippen molar-refractivity contribution in [2.45, 2.75) is 57.8 Å². The number of anilines is 1. The van der Waals surface area contributed by atoms with Gasteiger partial charge in [-0.25, -0.2) is 17.9 Å². The first kappa shape index (κ1) is 36.7. The van der Waals surface area contributed by atoms with Gasteiger partial charge in [-0.3, -0.25) is 9.28 Å². The number of hydrogen-bond donors (Lipinski definition) is 1. The molecule has 0 unspecified atom stereocenters. The van der Waals surface area contributed by atoms with Crippen molar-refractivity contribution < 1.29 is 32.0 Å². The highest BCUT2D eigenvalue weighted by Gasteiger charge is 2.30. The number of ether oxygens (including phenoxy) is 2. The first-order chi connectivity index (χ1) is 25.1. The van der Waals surface area contributed by atoms with Crippen LogP contribution in [0, 0.1) is 0 Å². The molecule has 0 saturated heterocycles. The van der Waals surface area contributed by atoms with E-state index in [2.05, 4.69) is 21.8 Å². The van der Waals surface area contributed by atoms with Crippen LogP contribution in [0.4, 0.5) is 5.69 Å². The van der Waals surface area contributed by atoms with E-state index in [-0.39, 0.29) is 40.6 Å². The van der Waals surface area contributed by atoms with Gasteiger partial charge >= 0.3 is 5.97 Å². The van der Waals surface area contributed by atoms with E-state index in [1.54, 1.807) is 32.3 Å². The fraction of sp³-hybridized carbons (Fsp3) is 0.293. The van der Waals surface area contributed by atoms with Gasteiger partial charge in [-0.2, -0.15) is 4.99 Å². The number of amides is 1. The van der Waals surface area contributed by atoms with E-state index in [0.29, 0.717) is 11.6 Å². The van der Waals surface area contributed by atoms with E-state index in [1.807, 2.05) is 72.8 Å². The molecule has 11 heteroatoms. The fourth-order valence-corrected chi connectivity index (χ4v) is 7.42. The van der Waals surface area contributed by atoms with Crippen LogP contribution >= 0.6 is 0 Å². The lowest BCUT2D eigenvalue weighted by Crippen LogP contribution is -2.40. The molecule has 0 radical (unpaired) electrons. The van der Waals surface area contributed by atoms with Gasteiger partial charge in [0.25, 0.3) is 10.0 Å². The maximum atomic E-state index is 14.0. The number of esters is 1. The van der Waals surface area contributed by atoms with Gasteiger partial charge in [-0.1, -0.05) is 104 Å². The van der Waals surface area contributed by atoms with Crippen molar-refractivity contribution in [1.82, 2.24) is 4.72 Å². The Morgan fingerprint density at radius 3 is 2.12 bits per heavy atom. The number of benzene rings is 4. The molecular formula is C41H45N4O6S+. The second-order valence-corrected chi connectivity index (χ2v) is 15.5. The second kappa shape index (κ2) is 16.5. The molecule has 6 rings (SSSR count). The van der Waals surface area contributed by atoms with Crippen LogP contribution in [0.5, 0.6) is 5.75 Å². The van der Waals surface area contributed by atoms with E-state index in [9.17, 15) is 18.0 Å². The van der Waals surface area contributed by atoms with Gasteiger partial charge in [-0.05, 0) is 53.1 Å². The predicted octanol–water partition coefficient (Wildman–Crippen LogP) is 7.04. The summed E-state index contributed by atoms with van der Waals surface area (Å²) in [5, 5.41) is -0.148. The fourth-order valence-electron chi connectivity index (χ4n) is 6.36. The number of quaternary nitrogens is 1. The molecule has 2 aliphatic rings. The normalized spacial score (nSPS) is 15.5. The largest absolute Gasteiger partial charge is 0.488 e. The molecule has 0 spiro atoms. The van der Waals surface area contributed by atoms with Crippen molar-refractivity contribution in [3.05, 3.63) is 142 Å². The molecular weight excluding hydrogens is 677 g/mol. The van der Waals surface area contributed by atoms with Gasteiger partial charge in [0.2, 0.25) is 10.9 Å². The van der Waals surface area contributed by atoms with Gasteiger partial charge in [-0.15, -0.1) is 0 Å². The summed E-state index contributed by atoms with van der Waals surface area (Å²) in [7, 11) is -0.486. The Balaban J connectivity index is 1.29. The maximum absolute atomic E-state index is 14.0. The van der Waals surface area contributed by atoms with Crippen LogP contribution in [0.25, 0.3) is 0 Å². The molecule has 0 aromatic heterocycles. The Morgan fingerprint density at radius 1 is 0.827 bits per heavy atom. The van der Waals surface area contributed by atoms with Crippen LogP contribution in [0.15, 0.2) is 119 Å². The number of carbonyl (C=O) groups is 2. The van der Waals surface area contributed by atoms with E-state index in [1.165, 1.54) is 55.1 Å². The lowest BCUT2D eigenvalue weighted by molar-refractivity contribution is -0.732. The molecule has 0 bridgehead atoms. The topological polar surface area (TPSA) is 114 Å². The van der Waals surface area contributed by atoms with E-state index >= 15 is 0 Å². The quantitative estimate of drug-likeness (QED) is 0.110. The zero-order chi connectivity index (χ0) is 36.6. The number of carbonyl (C=O) groups excluding carboxylic acids is 2. The number of rotatable bonds is 14. The molecule has 52 heavy (non-hydrogen) atoms. The number of sulfonamides is 1. The van der Waals surface area contributed by atoms with Gasteiger partial charge in [0.1, 0.15) is 30.7 Å². The molecule has 10 nitrogen and oxygen atoms in total. The average Bonchev–Trinajstić information content (AvgIpc) is 3.56. The molecule has 1 aliphatic carbocycles. The van der Waals surface area contributed by atoms with E-state index in [0.717, 1.165) is 16.7 Å². The number of nitrogens with zero attached hydrogens (tertiary/aromatic N) is 3. The summed E-state index contributed by atoms with van der Waals surface area (Å²) in [4.78, 5) is 33.0. The van der Waals surface area contributed by atoms with Crippen LogP contribution in [0.1, 0.15) is 70.6 Å². The molecule has 0 atom stereocenters. The van der Waals surface area contributed by atoms with Crippen molar-refractivity contribution in [2.24, 2.45) is 4.99 Å². The molecule has 1 amide bonds. The molecule has 1 fully saturated rings. The summed E-state index contributed by atoms with van der Waals surface area (Å²) in [5.41, 5.74) is 4.52. The Kier molecular flexibility index (Phi) is 11.6. The summed E-state index contributed by atoms with van der Waals surface area (Å²) in [6, 6.07) is 32.1. The summed E-state index contributed by atoms with van der Waals surface area (Å²) < 4.78 is 40.8. The van der Waals surface area contributed by atoms with Crippen molar-refractivity contribution in [1.29, 1.82) is 0 Å². The summed E-state index contributed by atoms with van der Waals surface area (Å²) in [5.74, 6) is -0.306. The predicted molar refractivity (Wildman–Crippen MR) is 202 cm³/mol. The third-order valence-corrected chi connectivity index (χ3v) is 10.5. The third-order valence-electron chi connectivity index (χ3n) is 9.26. The standard InChI is InChI=1S/C41H45N4O6S/c1-45(2)27-39(42-30-45)52(48,49)43-25-40(46)44(26-31-18-20-35(21-19-31)34-16-10-5-11-17-34)36-22-23-37(41(47)51-29-33-14-8-4-9-15-33)38(24-36)50-28-32-12-6-3-7-13-32/h3-4,6-9,12-15,18-24,27,30,34,43H,5,10-11,16-17,25-26,28-29H2,1-2H3/q+1. The minimum Gasteiger partial charge on any atom is -0.488 e. The molecule has 4 aromatic rings. The Morgan fingerprint density at radius 2 is 1.48 bits per heavy atom. The van der Waals surface area contributed by atoms with E-state index in [4.69, 9.17) is 9.47 Å².